The van der Waals surface area contributed by atoms with Gasteiger partial charge in [0.1, 0.15) is 9.79 Å². The highest BCUT2D eigenvalue weighted by molar-refractivity contribution is 7.87. The third-order valence-corrected chi connectivity index (χ3v) is 13.8. The Bertz CT molecular complexity index is 2600. The molecule has 2 atom stereocenters. The number of allylic oxidation sites excluding steroid dienone is 4. The zero-order chi connectivity index (χ0) is 44.1. The molecule has 1 aliphatic heterocycles. The summed E-state index contributed by atoms with van der Waals surface area (Å²) in [4.78, 5) is -1.46. The molecule has 2 unspecified atom stereocenters. The van der Waals surface area contributed by atoms with Gasteiger partial charge in [0.15, 0.2) is 0 Å². The van der Waals surface area contributed by atoms with E-state index in [9.17, 15) is 38.9 Å². The van der Waals surface area contributed by atoms with Gasteiger partial charge in [-0.25, -0.2) is 0 Å². The number of hydrogen-bond acceptors (Lipinski definition) is 11. The predicted molar refractivity (Wildman–Crippen MR) is 231 cm³/mol. The SMILES string of the molecule is CCC(C)c1cc(S(=O)(=O)O)c2ccccc2c1C(C)(C/C=C/C=C1/Nc2ccc3c(S(=O)(=O)O)cc(S(=O)(=O)O)cc3c2C1(C)C)CCOCCOCCOCCOC. The molecule has 1 aliphatic rings. The number of rotatable bonds is 21. The molecule has 4 N–H and O–H groups in total. The van der Waals surface area contributed by atoms with Crippen LogP contribution in [0.1, 0.15) is 76.5 Å². The first-order chi connectivity index (χ1) is 28.1. The van der Waals surface area contributed by atoms with E-state index in [1.54, 1.807) is 31.4 Å². The Hall–Kier alpha value is -3.75. The van der Waals surface area contributed by atoms with Crippen LogP contribution in [-0.2, 0) is 60.1 Å². The van der Waals surface area contributed by atoms with E-state index in [1.807, 2.05) is 58.1 Å². The van der Waals surface area contributed by atoms with Gasteiger partial charge >= 0.3 is 0 Å². The monoisotopic (exact) mass is 889 g/mol. The van der Waals surface area contributed by atoms with Crippen LogP contribution in [-0.4, -0.2) is 92.3 Å². The lowest BCUT2D eigenvalue weighted by molar-refractivity contribution is 0.00173. The molecule has 0 amide bonds. The van der Waals surface area contributed by atoms with Gasteiger partial charge < -0.3 is 24.3 Å². The summed E-state index contributed by atoms with van der Waals surface area (Å²) in [6.45, 7) is 12.9. The van der Waals surface area contributed by atoms with Gasteiger partial charge in [-0.2, -0.15) is 25.3 Å². The predicted octanol–water partition coefficient (Wildman–Crippen LogP) is 7.82. The Kier molecular flexibility index (Phi) is 15.1. The molecule has 0 saturated carbocycles. The van der Waals surface area contributed by atoms with Gasteiger partial charge in [-0.15, -0.1) is 0 Å². The normalized spacial score (nSPS) is 16.7. The molecule has 60 heavy (non-hydrogen) atoms. The second-order valence-corrected chi connectivity index (χ2v) is 19.9. The van der Waals surface area contributed by atoms with Crippen LogP contribution in [0.5, 0.6) is 0 Å². The van der Waals surface area contributed by atoms with Crippen molar-refractivity contribution in [1.29, 1.82) is 0 Å². The second-order valence-electron chi connectivity index (χ2n) is 15.7. The van der Waals surface area contributed by atoms with Crippen LogP contribution in [0.15, 0.2) is 93.2 Å². The summed E-state index contributed by atoms with van der Waals surface area (Å²) < 4.78 is 127. The molecule has 0 bridgehead atoms. The van der Waals surface area contributed by atoms with Crippen LogP contribution in [0.4, 0.5) is 5.69 Å². The Labute approximate surface area is 353 Å². The zero-order valence-corrected chi connectivity index (χ0v) is 37.2. The smallest absolute Gasteiger partial charge is 0.295 e. The number of hydrogen-bond donors (Lipinski definition) is 4. The van der Waals surface area contributed by atoms with Crippen LogP contribution >= 0.6 is 0 Å². The summed E-state index contributed by atoms with van der Waals surface area (Å²) in [6.07, 6.45) is 7.52. The fourth-order valence-electron chi connectivity index (χ4n) is 7.86. The van der Waals surface area contributed by atoms with Crippen molar-refractivity contribution in [3.05, 3.63) is 95.2 Å². The van der Waals surface area contributed by atoms with Gasteiger partial charge in [-0.1, -0.05) is 77.1 Å². The number of methoxy groups -OCH3 is 1. The van der Waals surface area contributed by atoms with Gasteiger partial charge in [-0.05, 0) is 88.4 Å². The van der Waals surface area contributed by atoms with Gasteiger partial charge in [-0.3, -0.25) is 13.7 Å². The summed E-state index contributed by atoms with van der Waals surface area (Å²) in [5.41, 5.74) is 2.20. The average Bonchev–Trinajstić information content (AvgIpc) is 3.44. The van der Waals surface area contributed by atoms with Crippen LogP contribution in [0.3, 0.4) is 0 Å². The second kappa shape index (κ2) is 19.1. The zero-order valence-electron chi connectivity index (χ0n) is 34.7. The van der Waals surface area contributed by atoms with Crippen molar-refractivity contribution in [3.63, 3.8) is 0 Å². The minimum absolute atomic E-state index is 0.0598. The van der Waals surface area contributed by atoms with Crippen molar-refractivity contribution in [2.24, 2.45) is 0 Å². The lowest BCUT2D eigenvalue weighted by atomic mass is 9.70. The molecule has 17 heteroatoms. The molecular formula is C43H55NO13S3. The van der Waals surface area contributed by atoms with Crippen LogP contribution in [0.25, 0.3) is 21.5 Å². The molecular weight excluding hydrogens is 835 g/mol. The third-order valence-electron chi connectivity index (χ3n) is 11.2. The minimum atomic E-state index is -4.87. The van der Waals surface area contributed by atoms with Gasteiger partial charge in [0.2, 0.25) is 0 Å². The summed E-state index contributed by atoms with van der Waals surface area (Å²) in [5.74, 6) is -0.0598. The summed E-state index contributed by atoms with van der Waals surface area (Å²) in [5, 5.41) is 4.82. The van der Waals surface area contributed by atoms with E-state index in [-0.39, 0.29) is 21.6 Å². The van der Waals surface area contributed by atoms with E-state index in [4.69, 9.17) is 18.9 Å². The van der Waals surface area contributed by atoms with Crippen molar-refractivity contribution in [2.75, 3.05) is 58.7 Å². The van der Waals surface area contributed by atoms with Crippen molar-refractivity contribution in [2.45, 2.75) is 85.3 Å². The molecule has 14 nitrogen and oxygen atoms in total. The highest BCUT2D eigenvalue weighted by Crippen LogP contribution is 2.49. The van der Waals surface area contributed by atoms with Crippen LogP contribution in [0, 0.1) is 0 Å². The minimum Gasteiger partial charge on any atom is -0.382 e. The molecule has 5 rings (SSSR count). The largest absolute Gasteiger partial charge is 0.382 e. The molecule has 1 heterocycles. The van der Waals surface area contributed by atoms with Gasteiger partial charge in [0.25, 0.3) is 30.4 Å². The van der Waals surface area contributed by atoms with Crippen molar-refractivity contribution in [3.8, 4) is 0 Å². The number of ether oxygens (including phenoxy) is 4. The quantitative estimate of drug-likeness (QED) is 0.0464. The number of anilines is 1. The Balaban J connectivity index is 1.50. The average molecular weight is 890 g/mol. The summed E-state index contributed by atoms with van der Waals surface area (Å²) in [6, 6.07) is 13.8. The number of nitrogens with one attached hydrogen (secondary N) is 1. The molecule has 0 saturated heterocycles. The first kappa shape index (κ1) is 47.3. The molecule has 4 aromatic carbocycles. The molecule has 4 aromatic rings. The Morgan fingerprint density at radius 1 is 0.750 bits per heavy atom. The maximum atomic E-state index is 12.7. The maximum Gasteiger partial charge on any atom is 0.295 e. The summed E-state index contributed by atoms with van der Waals surface area (Å²) in [7, 11) is -12.7. The number of fused-ring (bicyclic) bond motifs is 4. The fraction of sp³-hybridized carbons (Fsp3) is 0.442. The topological polar surface area (TPSA) is 212 Å². The molecule has 0 aromatic heterocycles. The highest BCUT2D eigenvalue weighted by atomic mass is 32.2. The molecule has 328 valence electrons. The summed E-state index contributed by atoms with van der Waals surface area (Å²) >= 11 is 0. The van der Waals surface area contributed by atoms with Gasteiger partial charge in [0, 0.05) is 41.3 Å². The standard InChI is InChI=1S/C43H55NO13S3/c1-7-29(2)34-28-38(60(51,52)53)31-12-8-9-13-33(31)40(34)43(5,18-19-55-22-23-57-25-24-56-21-20-54-6)17-11-10-14-39-42(3,4)41-35-26-30(58(45,46)47)27-37(59(48,49)50)32(35)15-16-36(41)44-39/h8-16,26-29,44H,7,17-25H2,1-6H3,(H,45,46,47)(H,48,49,50)(H,51,52,53)/b11-10+,39-14+. The fourth-order valence-corrected chi connectivity index (χ4v) is 9.93. The Morgan fingerprint density at radius 3 is 1.90 bits per heavy atom. The molecule has 0 spiro atoms. The molecule has 0 aliphatic carbocycles. The Morgan fingerprint density at radius 2 is 1.32 bits per heavy atom. The van der Waals surface area contributed by atoms with E-state index >= 15 is 0 Å². The number of benzene rings is 4. The first-order valence-electron chi connectivity index (χ1n) is 19.6. The lowest BCUT2D eigenvalue weighted by Crippen LogP contribution is -2.27. The van der Waals surface area contributed by atoms with E-state index in [2.05, 4.69) is 12.2 Å². The van der Waals surface area contributed by atoms with Crippen LogP contribution in [0.2, 0.25) is 0 Å². The first-order valence-corrected chi connectivity index (χ1v) is 23.9. The van der Waals surface area contributed by atoms with Crippen LogP contribution < -0.4 is 5.32 Å². The van der Waals surface area contributed by atoms with E-state index < -0.39 is 51.0 Å². The van der Waals surface area contributed by atoms with Gasteiger partial charge in [0.05, 0.1) is 44.5 Å². The molecule has 0 radical (unpaired) electrons. The molecule has 0 fully saturated rings. The van der Waals surface area contributed by atoms with Crippen molar-refractivity contribution in [1.82, 2.24) is 0 Å². The maximum absolute atomic E-state index is 12.7. The van der Waals surface area contributed by atoms with E-state index in [0.717, 1.165) is 17.2 Å². The van der Waals surface area contributed by atoms with Crippen molar-refractivity contribution >= 4 is 57.6 Å². The van der Waals surface area contributed by atoms with Crippen molar-refractivity contribution < 1.29 is 57.9 Å². The lowest BCUT2D eigenvalue weighted by Gasteiger charge is -2.35. The third kappa shape index (κ3) is 10.6. The van der Waals surface area contributed by atoms with E-state index in [0.29, 0.717) is 93.2 Å². The van der Waals surface area contributed by atoms with E-state index in [1.165, 1.54) is 12.1 Å². The highest BCUT2D eigenvalue weighted by Gasteiger charge is 2.38.